The van der Waals surface area contributed by atoms with Crippen LogP contribution in [0.25, 0.3) is 0 Å². The minimum atomic E-state index is -0.127. The highest BCUT2D eigenvalue weighted by Crippen LogP contribution is 2.19. The lowest BCUT2D eigenvalue weighted by Crippen LogP contribution is -2.33. The molecule has 0 spiro atoms. The van der Waals surface area contributed by atoms with Crippen molar-refractivity contribution in [3.63, 3.8) is 0 Å². The lowest BCUT2D eigenvalue weighted by atomic mass is 10.2. The van der Waals surface area contributed by atoms with Crippen molar-refractivity contribution in [3.05, 3.63) is 54.0 Å². The van der Waals surface area contributed by atoms with Gasteiger partial charge in [-0.15, -0.1) is 0 Å². The Hall–Kier alpha value is -2.76. The standard InChI is InChI=1S/C18H22N2O4/c1-14(21)20(13-15-6-3-4-8-17(15)23-2)10-9-18(22)19-12-16-7-5-11-24-16/h3-8,11H,9-10,12-13H2,1-2H3,(H,19,22). The molecule has 0 aliphatic heterocycles. The molecule has 2 rings (SSSR count). The number of rotatable bonds is 8. The average Bonchev–Trinajstić information content (AvgIpc) is 3.10. The Morgan fingerprint density at radius 3 is 2.67 bits per heavy atom. The van der Waals surface area contributed by atoms with Crippen molar-refractivity contribution >= 4 is 11.8 Å². The number of carbonyl (C=O) groups is 2. The summed E-state index contributed by atoms with van der Waals surface area (Å²) < 4.78 is 10.5. The van der Waals surface area contributed by atoms with E-state index in [0.29, 0.717) is 25.4 Å². The van der Waals surface area contributed by atoms with Gasteiger partial charge in [-0.1, -0.05) is 18.2 Å². The fraction of sp³-hybridized carbons (Fsp3) is 0.333. The number of benzene rings is 1. The van der Waals surface area contributed by atoms with Crippen LogP contribution in [-0.2, 0) is 22.7 Å². The van der Waals surface area contributed by atoms with E-state index in [1.54, 1.807) is 30.4 Å². The highest BCUT2D eigenvalue weighted by Gasteiger charge is 2.14. The van der Waals surface area contributed by atoms with E-state index in [9.17, 15) is 9.59 Å². The summed E-state index contributed by atoms with van der Waals surface area (Å²) in [5, 5.41) is 2.77. The molecule has 1 N–H and O–H groups in total. The molecule has 1 aromatic carbocycles. The second kappa shape index (κ2) is 8.76. The van der Waals surface area contributed by atoms with Crippen LogP contribution in [0.1, 0.15) is 24.7 Å². The van der Waals surface area contributed by atoms with Crippen molar-refractivity contribution < 1.29 is 18.7 Å². The van der Waals surface area contributed by atoms with Crippen molar-refractivity contribution in [2.24, 2.45) is 0 Å². The van der Waals surface area contributed by atoms with E-state index in [2.05, 4.69) is 5.32 Å². The molecule has 0 atom stereocenters. The molecule has 1 heterocycles. The number of methoxy groups -OCH3 is 1. The molecular formula is C18H22N2O4. The summed E-state index contributed by atoms with van der Waals surface area (Å²) in [6, 6.07) is 11.1. The van der Waals surface area contributed by atoms with Crippen LogP contribution in [-0.4, -0.2) is 30.4 Å². The van der Waals surface area contributed by atoms with Crippen molar-refractivity contribution in [1.82, 2.24) is 10.2 Å². The van der Waals surface area contributed by atoms with Crippen LogP contribution in [0.3, 0.4) is 0 Å². The summed E-state index contributed by atoms with van der Waals surface area (Å²) in [5.41, 5.74) is 0.909. The van der Waals surface area contributed by atoms with Crippen molar-refractivity contribution in [2.75, 3.05) is 13.7 Å². The maximum Gasteiger partial charge on any atom is 0.222 e. The summed E-state index contributed by atoms with van der Waals surface area (Å²) in [5.74, 6) is 1.21. The average molecular weight is 330 g/mol. The van der Waals surface area contributed by atoms with Gasteiger partial charge in [0, 0.05) is 32.0 Å². The van der Waals surface area contributed by atoms with Gasteiger partial charge in [-0.2, -0.15) is 0 Å². The summed E-state index contributed by atoms with van der Waals surface area (Å²) in [6.45, 7) is 2.59. The molecule has 6 heteroatoms. The molecule has 1 aromatic heterocycles. The quantitative estimate of drug-likeness (QED) is 0.806. The predicted molar refractivity (Wildman–Crippen MR) is 89.3 cm³/mol. The fourth-order valence-electron chi connectivity index (χ4n) is 2.31. The zero-order valence-electron chi connectivity index (χ0n) is 14.0. The third-order valence-corrected chi connectivity index (χ3v) is 3.65. The summed E-state index contributed by atoms with van der Waals surface area (Å²) in [4.78, 5) is 25.4. The van der Waals surface area contributed by atoms with E-state index < -0.39 is 0 Å². The van der Waals surface area contributed by atoms with Crippen LogP contribution < -0.4 is 10.1 Å². The van der Waals surface area contributed by atoms with E-state index in [0.717, 1.165) is 11.3 Å². The Bertz CT molecular complexity index is 667. The minimum Gasteiger partial charge on any atom is -0.496 e. The molecule has 2 amide bonds. The molecule has 128 valence electrons. The number of hydrogen-bond acceptors (Lipinski definition) is 4. The molecule has 0 bridgehead atoms. The van der Waals surface area contributed by atoms with Gasteiger partial charge in [-0.25, -0.2) is 0 Å². The zero-order chi connectivity index (χ0) is 17.4. The topological polar surface area (TPSA) is 71.8 Å². The first kappa shape index (κ1) is 17.6. The van der Waals surface area contributed by atoms with Gasteiger partial charge in [0.1, 0.15) is 11.5 Å². The van der Waals surface area contributed by atoms with Crippen LogP contribution in [0.5, 0.6) is 5.75 Å². The third-order valence-electron chi connectivity index (χ3n) is 3.65. The zero-order valence-corrected chi connectivity index (χ0v) is 14.0. The van der Waals surface area contributed by atoms with Crippen molar-refractivity contribution in [3.8, 4) is 5.75 Å². The van der Waals surface area contributed by atoms with E-state index in [1.807, 2.05) is 24.3 Å². The lowest BCUT2D eigenvalue weighted by Gasteiger charge is -2.22. The molecule has 2 aromatic rings. The summed E-state index contributed by atoms with van der Waals surface area (Å²) in [7, 11) is 1.60. The minimum absolute atomic E-state index is 0.0836. The van der Waals surface area contributed by atoms with E-state index >= 15 is 0 Å². The first-order chi connectivity index (χ1) is 11.6. The summed E-state index contributed by atoms with van der Waals surface area (Å²) >= 11 is 0. The number of amides is 2. The molecule has 0 aliphatic rings. The monoisotopic (exact) mass is 330 g/mol. The van der Waals surface area contributed by atoms with Crippen molar-refractivity contribution in [1.29, 1.82) is 0 Å². The van der Waals surface area contributed by atoms with Gasteiger partial charge >= 0.3 is 0 Å². The molecule has 0 aliphatic carbocycles. The van der Waals surface area contributed by atoms with Gasteiger partial charge in [0.15, 0.2) is 0 Å². The van der Waals surface area contributed by atoms with Gasteiger partial charge in [-0.05, 0) is 18.2 Å². The van der Waals surface area contributed by atoms with Gasteiger partial charge in [0.25, 0.3) is 0 Å². The number of nitrogens with one attached hydrogen (secondary N) is 1. The predicted octanol–water partition coefficient (Wildman–Crippen LogP) is 2.34. The summed E-state index contributed by atoms with van der Waals surface area (Å²) in [6.07, 6.45) is 1.79. The first-order valence-electron chi connectivity index (χ1n) is 7.76. The Labute approximate surface area is 141 Å². The van der Waals surface area contributed by atoms with Crippen LogP contribution in [0.15, 0.2) is 47.1 Å². The molecule has 0 saturated carbocycles. The fourth-order valence-corrected chi connectivity index (χ4v) is 2.31. The van der Waals surface area contributed by atoms with Crippen LogP contribution in [0.4, 0.5) is 0 Å². The number of carbonyl (C=O) groups excluding carboxylic acids is 2. The third kappa shape index (κ3) is 5.15. The molecule has 0 fully saturated rings. The normalized spacial score (nSPS) is 10.2. The Balaban J connectivity index is 1.86. The Kier molecular flexibility index (Phi) is 6.42. The second-order valence-electron chi connectivity index (χ2n) is 5.36. The van der Waals surface area contributed by atoms with Crippen LogP contribution >= 0.6 is 0 Å². The first-order valence-corrected chi connectivity index (χ1v) is 7.76. The Morgan fingerprint density at radius 1 is 1.21 bits per heavy atom. The molecule has 24 heavy (non-hydrogen) atoms. The highest BCUT2D eigenvalue weighted by molar-refractivity contribution is 5.78. The van der Waals surface area contributed by atoms with E-state index in [-0.39, 0.29) is 18.2 Å². The highest BCUT2D eigenvalue weighted by atomic mass is 16.5. The van der Waals surface area contributed by atoms with E-state index in [1.165, 1.54) is 6.92 Å². The smallest absolute Gasteiger partial charge is 0.222 e. The maximum atomic E-state index is 11.9. The molecule has 0 unspecified atom stereocenters. The number of furan rings is 1. The molecular weight excluding hydrogens is 308 g/mol. The van der Waals surface area contributed by atoms with Gasteiger partial charge in [0.05, 0.1) is 19.9 Å². The number of ether oxygens (including phenoxy) is 1. The number of para-hydroxylation sites is 1. The maximum absolute atomic E-state index is 11.9. The van der Waals surface area contributed by atoms with E-state index in [4.69, 9.17) is 9.15 Å². The largest absolute Gasteiger partial charge is 0.496 e. The second-order valence-corrected chi connectivity index (χ2v) is 5.36. The number of nitrogens with zero attached hydrogens (tertiary/aromatic N) is 1. The molecule has 0 saturated heterocycles. The SMILES string of the molecule is COc1ccccc1CN(CCC(=O)NCc1ccco1)C(C)=O. The number of hydrogen-bond donors (Lipinski definition) is 1. The van der Waals surface area contributed by atoms with Gasteiger partial charge in [-0.3, -0.25) is 9.59 Å². The van der Waals surface area contributed by atoms with Gasteiger partial charge in [0.2, 0.25) is 11.8 Å². The van der Waals surface area contributed by atoms with Crippen LogP contribution in [0, 0.1) is 0 Å². The van der Waals surface area contributed by atoms with Gasteiger partial charge < -0.3 is 19.4 Å². The molecule has 0 radical (unpaired) electrons. The van der Waals surface area contributed by atoms with Crippen molar-refractivity contribution in [2.45, 2.75) is 26.4 Å². The lowest BCUT2D eigenvalue weighted by molar-refractivity contribution is -0.130. The Morgan fingerprint density at radius 2 is 2.00 bits per heavy atom. The van der Waals surface area contributed by atoms with Crippen LogP contribution in [0.2, 0.25) is 0 Å². The molecule has 6 nitrogen and oxygen atoms in total.